The lowest BCUT2D eigenvalue weighted by Crippen LogP contribution is -2.33. The zero-order valence-corrected chi connectivity index (χ0v) is 9.44. The molecule has 1 aliphatic rings. The van der Waals surface area contributed by atoms with E-state index in [1.165, 1.54) is 6.08 Å². The van der Waals surface area contributed by atoms with E-state index in [0.29, 0.717) is 19.3 Å². The highest BCUT2D eigenvalue weighted by Gasteiger charge is 2.12. The first-order chi connectivity index (χ1) is 7.97. The van der Waals surface area contributed by atoms with Crippen LogP contribution in [-0.4, -0.2) is 17.7 Å². The van der Waals surface area contributed by atoms with E-state index in [0.717, 1.165) is 6.08 Å². The highest BCUT2D eigenvalue weighted by molar-refractivity contribution is 5.97. The van der Waals surface area contributed by atoms with Crippen molar-refractivity contribution in [3.63, 3.8) is 0 Å². The first-order valence-electron chi connectivity index (χ1n) is 4.73. The van der Waals surface area contributed by atoms with Gasteiger partial charge in [-0.05, 0) is 12.5 Å². The molecule has 0 radical (unpaired) electrons. The number of nitrogens with one attached hydrogen (secondary N) is 1. The summed E-state index contributed by atoms with van der Waals surface area (Å²) in [7, 11) is 0. The van der Waals surface area contributed by atoms with Gasteiger partial charge in [-0.1, -0.05) is 13.2 Å². The average molecular weight is 237 g/mol. The van der Waals surface area contributed by atoms with E-state index in [1.807, 2.05) is 0 Å². The van der Waals surface area contributed by atoms with Gasteiger partial charge in [0.1, 0.15) is 0 Å². The maximum atomic E-state index is 10.3. The summed E-state index contributed by atoms with van der Waals surface area (Å²) in [6, 6.07) is 1.69. The number of allylic oxidation sites excluding steroid dienone is 1. The van der Waals surface area contributed by atoms with Crippen molar-refractivity contribution >= 4 is 17.7 Å². The molecule has 1 heterocycles. The average Bonchev–Trinajstić information content (AvgIpc) is 2.30. The minimum atomic E-state index is -0.481. The summed E-state index contributed by atoms with van der Waals surface area (Å²) < 4.78 is 0. The van der Waals surface area contributed by atoms with Crippen LogP contribution in [0.2, 0.25) is 0 Å². The van der Waals surface area contributed by atoms with Crippen LogP contribution in [0.3, 0.4) is 0 Å². The maximum absolute atomic E-state index is 10.3. The lowest BCUT2D eigenvalue weighted by Gasteiger charge is -2.07. The fourth-order valence-corrected chi connectivity index (χ4v) is 0.690. The van der Waals surface area contributed by atoms with Crippen molar-refractivity contribution in [2.75, 3.05) is 0 Å². The predicted octanol–water partition coefficient (Wildman–Crippen LogP) is 0.167. The lowest BCUT2D eigenvalue weighted by molar-refractivity contribution is -0.133. The van der Waals surface area contributed by atoms with Crippen LogP contribution in [-0.2, 0) is 14.4 Å². The Kier molecular flexibility index (Phi) is 11.6. The van der Waals surface area contributed by atoms with Gasteiger partial charge in [-0.2, -0.15) is 5.26 Å². The largest absolute Gasteiger partial charge is 0.366 e. The van der Waals surface area contributed by atoms with E-state index in [-0.39, 0.29) is 11.8 Å². The fraction of sp³-hybridized carbons (Fsp3) is 0.273. The Balaban J connectivity index is 0. The van der Waals surface area contributed by atoms with Crippen molar-refractivity contribution in [3.05, 3.63) is 25.3 Å². The van der Waals surface area contributed by atoms with E-state index in [1.54, 1.807) is 6.07 Å². The van der Waals surface area contributed by atoms with Crippen molar-refractivity contribution in [2.24, 2.45) is 5.73 Å². The molecule has 3 N–H and O–H groups in total. The summed E-state index contributed by atoms with van der Waals surface area (Å²) in [5.41, 5.74) is 4.53. The van der Waals surface area contributed by atoms with Gasteiger partial charge in [-0.3, -0.25) is 19.7 Å². The third kappa shape index (κ3) is 16.3. The molecule has 1 aliphatic heterocycles. The van der Waals surface area contributed by atoms with Crippen LogP contribution in [0.5, 0.6) is 0 Å². The number of hydrogen-bond acceptors (Lipinski definition) is 4. The molecule has 0 aromatic rings. The van der Waals surface area contributed by atoms with Crippen LogP contribution in [0.15, 0.2) is 25.3 Å². The zero-order chi connectivity index (χ0) is 13.7. The Bertz CT molecular complexity index is 328. The number of rotatable bonds is 1. The van der Waals surface area contributed by atoms with Crippen molar-refractivity contribution < 1.29 is 14.4 Å². The number of hydrogen-bond donors (Lipinski definition) is 2. The van der Waals surface area contributed by atoms with Crippen molar-refractivity contribution in [1.82, 2.24) is 5.32 Å². The predicted molar refractivity (Wildman–Crippen MR) is 62.2 cm³/mol. The SMILES string of the molecule is C=CC#N.C=CC(N)=O.O=C1CCCC(=O)N1. The monoisotopic (exact) mass is 237 g/mol. The van der Waals surface area contributed by atoms with Gasteiger partial charge in [0.05, 0.1) is 6.07 Å². The van der Waals surface area contributed by atoms with E-state index in [2.05, 4.69) is 24.2 Å². The van der Waals surface area contributed by atoms with Crippen molar-refractivity contribution in [2.45, 2.75) is 19.3 Å². The van der Waals surface area contributed by atoms with Gasteiger partial charge in [0, 0.05) is 18.9 Å². The Labute approximate surface area is 99.8 Å². The van der Waals surface area contributed by atoms with E-state index >= 15 is 0 Å². The number of amides is 3. The molecule has 1 rings (SSSR count). The minimum absolute atomic E-state index is 0.138. The molecular weight excluding hydrogens is 222 g/mol. The summed E-state index contributed by atoms with van der Waals surface area (Å²) in [6.45, 7) is 6.20. The smallest absolute Gasteiger partial charge is 0.240 e. The lowest BCUT2D eigenvalue weighted by atomic mass is 10.1. The summed E-state index contributed by atoms with van der Waals surface area (Å²) in [5, 5.41) is 9.71. The second-order valence-electron chi connectivity index (χ2n) is 2.76. The molecule has 92 valence electrons. The topological polar surface area (TPSA) is 113 Å². The molecule has 6 heteroatoms. The molecule has 0 aliphatic carbocycles. The Hall–Kier alpha value is -2.42. The standard InChI is InChI=1S/C5H7NO2.C3H5NO.C3H3N/c7-4-2-1-3-5(8)6-4;1-2-3(4)5;1-2-3-4/h1-3H2,(H,6,7,8);2H,1H2,(H2,4,5);2H,1H2. The van der Waals surface area contributed by atoms with Gasteiger partial charge >= 0.3 is 0 Å². The van der Waals surface area contributed by atoms with Crippen molar-refractivity contribution in [1.29, 1.82) is 5.26 Å². The van der Waals surface area contributed by atoms with Gasteiger partial charge in [0.25, 0.3) is 0 Å². The van der Waals surface area contributed by atoms with Crippen LogP contribution < -0.4 is 11.1 Å². The number of nitrogens with zero attached hydrogens (tertiary/aromatic N) is 1. The molecule has 0 aromatic heterocycles. The van der Waals surface area contributed by atoms with Gasteiger partial charge in [0.2, 0.25) is 17.7 Å². The summed E-state index contributed by atoms with van der Waals surface area (Å²) in [4.78, 5) is 30.2. The van der Waals surface area contributed by atoms with Gasteiger partial charge in [0.15, 0.2) is 0 Å². The summed E-state index contributed by atoms with van der Waals surface area (Å²) in [5.74, 6) is -0.757. The maximum Gasteiger partial charge on any atom is 0.240 e. The third-order valence-electron chi connectivity index (χ3n) is 1.38. The van der Waals surface area contributed by atoms with Gasteiger partial charge in [-0.25, -0.2) is 0 Å². The molecule has 17 heavy (non-hydrogen) atoms. The normalized spacial score (nSPS) is 12.4. The molecule has 3 amide bonds. The number of primary amides is 1. The molecule has 1 fully saturated rings. The summed E-state index contributed by atoms with van der Waals surface area (Å²) in [6.07, 6.45) is 3.96. The zero-order valence-electron chi connectivity index (χ0n) is 9.44. The third-order valence-corrected chi connectivity index (χ3v) is 1.38. The number of carbonyl (C=O) groups excluding carboxylic acids is 3. The van der Waals surface area contributed by atoms with E-state index < -0.39 is 5.91 Å². The molecule has 1 saturated heterocycles. The first-order valence-corrected chi connectivity index (χ1v) is 4.73. The van der Waals surface area contributed by atoms with Crippen LogP contribution >= 0.6 is 0 Å². The highest BCUT2D eigenvalue weighted by Crippen LogP contribution is 2.00. The minimum Gasteiger partial charge on any atom is -0.366 e. The van der Waals surface area contributed by atoms with Gasteiger partial charge in [-0.15, -0.1) is 0 Å². The quantitative estimate of drug-likeness (QED) is 0.384. The van der Waals surface area contributed by atoms with Crippen LogP contribution in [0, 0.1) is 11.3 Å². The van der Waals surface area contributed by atoms with Crippen LogP contribution in [0.4, 0.5) is 0 Å². The molecule has 0 saturated carbocycles. The van der Waals surface area contributed by atoms with E-state index in [9.17, 15) is 14.4 Å². The molecular formula is C11H15N3O3. The number of nitrogens with two attached hydrogens (primary N) is 1. The second-order valence-corrected chi connectivity index (χ2v) is 2.76. The molecule has 0 spiro atoms. The molecule has 0 unspecified atom stereocenters. The Morgan fingerprint density at radius 2 is 1.71 bits per heavy atom. The number of piperidine rings is 1. The second kappa shape index (κ2) is 11.7. The van der Waals surface area contributed by atoms with Crippen LogP contribution in [0.25, 0.3) is 0 Å². The first kappa shape index (κ1) is 17.0. The molecule has 0 bridgehead atoms. The van der Waals surface area contributed by atoms with Crippen molar-refractivity contribution in [3.8, 4) is 6.07 Å². The molecule has 6 nitrogen and oxygen atoms in total. The Morgan fingerprint density at radius 1 is 1.35 bits per heavy atom. The van der Waals surface area contributed by atoms with E-state index in [4.69, 9.17) is 5.26 Å². The molecule has 0 atom stereocenters. The number of carbonyl (C=O) groups is 3. The Morgan fingerprint density at radius 3 is 1.82 bits per heavy atom. The number of nitriles is 1. The fourth-order valence-electron chi connectivity index (χ4n) is 0.690. The van der Waals surface area contributed by atoms with Gasteiger partial charge < -0.3 is 5.73 Å². The summed E-state index contributed by atoms with van der Waals surface area (Å²) >= 11 is 0. The number of imide groups is 1. The van der Waals surface area contributed by atoms with Crippen LogP contribution in [0.1, 0.15) is 19.3 Å². The highest BCUT2D eigenvalue weighted by atomic mass is 16.2. The molecule has 0 aromatic carbocycles.